The molecule has 0 heterocycles. The van der Waals surface area contributed by atoms with Crippen LogP contribution in [0.2, 0.25) is 12.6 Å². The first-order valence-electron chi connectivity index (χ1n) is 2.41. The molecule has 6 heavy (non-hydrogen) atoms. The quantitative estimate of drug-likeness (QED) is 0.451. The van der Waals surface area contributed by atoms with E-state index in [2.05, 4.69) is 13.5 Å². The van der Waals surface area contributed by atoms with Gasteiger partial charge in [-0.2, -0.15) is 0 Å². The standard InChI is InChI=1S/C4H12Si.H2O/c1-3-4-5-2;/h3-5H2,1-2H3;1H2. The molecular formula is C4H14OSi. The monoisotopic (exact) mass is 106 g/mol. The lowest BCUT2D eigenvalue weighted by atomic mass is 10.6. The summed E-state index contributed by atoms with van der Waals surface area (Å²) in [6.45, 7) is 4.60. The molecule has 0 aliphatic rings. The molecule has 0 spiro atoms. The molecule has 1 nitrogen and oxygen atoms in total. The third kappa shape index (κ3) is 8.90. The number of hydrogen-bond acceptors (Lipinski definition) is 0. The van der Waals surface area contributed by atoms with Crippen LogP contribution in [0.5, 0.6) is 0 Å². The Labute approximate surface area is 41.9 Å². The summed E-state index contributed by atoms with van der Waals surface area (Å²) in [5, 5.41) is 0. The largest absolute Gasteiger partial charge is 0.412 e. The lowest BCUT2D eigenvalue weighted by Crippen LogP contribution is -1.73. The van der Waals surface area contributed by atoms with Crippen LogP contribution in [0.15, 0.2) is 0 Å². The second kappa shape index (κ2) is 8.95. The van der Waals surface area contributed by atoms with Gasteiger partial charge in [0.05, 0.1) is 0 Å². The van der Waals surface area contributed by atoms with Crippen molar-refractivity contribution in [2.45, 2.75) is 25.9 Å². The van der Waals surface area contributed by atoms with Crippen molar-refractivity contribution in [3.8, 4) is 0 Å². The maximum absolute atomic E-state index is 2.35. The Morgan fingerprint density at radius 2 is 2.00 bits per heavy atom. The van der Waals surface area contributed by atoms with E-state index in [1.165, 1.54) is 12.5 Å². The first kappa shape index (κ1) is 9.49. The van der Waals surface area contributed by atoms with Crippen LogP contribution in [-0.4, -0.2) is 15.0 Å². The molecular weight excluding hydrogens is 92.1 g/mol. The van der Waals surface area contributed by atoms with Crippen molar-refractivity contribution in [3.63, 3.8) is 0 Å². The van der Waals surface area contributed by atoms with E-state index in [0.29, 0.717) is 9.52 Å². The Kier molecular flexibility index (Phi) is 14.2. The van der Waals surface area contributed by atoms with Gasteiger partial charge in [-0.3, -0.25) is 0 Å². The van der Waals surface area contributed by atoms with Crippen molar-refractivity contribution in [2.75, 3.05) is 0 Å². The van der Waals surface area contributed by atoms with Crippen LogP contribution in [0, 0.1) is 0 Å². The normalized spacial score (nSPS) is 9.00. The molecule has 0 bridgehead atoms. The van der Waals surface area contributed by atoms with Gasteiger partial charge in [0.25, 0.3) is 0 Å². The van der Waals surface area contributed by atoms with Gasteiger partial charge in [0, 0.05) is 9.52 Å². The predicted octanol–water partition coefficient (Wildman–Crippen LogP) is 0.207. The molecule has 0 aliphatic carbocycles. The van der Waals surface area contributed by atoms with E-state index in [9.17, 15) is 0 Å². The van der Waals surface area contributed by atoms with Crippen LogP contribution in [0.25, 0.3) is 0 Å². The minimum atomic E-state index is 0. The van der Waals surface area contributed by atoms with E-state index >= 15 is 0 Å². The van der Waals surface area contributed by atoms with Gasteiger partial charge in [-0.1, -0.05) is 25.9 Å². The Hall–Kier alpha value is 0.177. The number of rotatable bonds is 2. The molecule has 40 valence electrons. The lowest BCUT2D eigenvalue weighted by Gasteiger charge is -1.78. The summed E-state index contributed by atoms with van der Waals surface area (Å²) in [6, 6.07) is 1.53. The molecule has 0 aromatic heterocycles. The van der Waals surface area contributed by atoms with Gasteiger partial charge in [-0.05, 0) is 0 Å². The van der Waals surface area contributed by atoms with Crippen molar-refractivity contribution in [2.24, 2.45) is 0 Å². The maximum Gasteiger partial charge on any atom is 0.0166 e. The molecule has 0 aromatic rings. The van der Waals surface area contributed by atoms with Crippen molar-refractivity contribution >= 4 is 9.52 Å². The average molecular weight is 106 g/mol. The molecule has 0 fully saturated rings. The third-order valence-electron chi connectivity index (χ3n) is 0.707. The highest BCUT2D eigenvalue weighted by Crippen LogP contribution is 1.81. The summed E-state index contributed by atoms with van der Waals surface area (Å²) in [5.74, 6) is 0. The molecule has 0 aliphatic heterocycles. The second-order valence-electron chi connectivity index (χ2n) is 1.35. The van der Waals surface area contributed by atoms with Crippen molar-refractivity contribution in [1.82, 2.24) is 0 Å². The molecule has 2 N–H and O–H groups in total. The maximum atomic E-state index is 2.35. The van der Waals surface area contributed by atoms with Crippen LogP contribution < -0.4 is 0 Å². The van der Waals surface area contributed by atoms with Gasteiger partial charge < -0.3 is 5.48 Å². The minimum Gasteiger partial charge on any atom is -0.412 e. The van der Waals surface area contributed by atoms with Crippen LogP contribution >= 0.6 is 0 Å². The second-order valence-corrected chi connectivity index (χ2v) is 3.06. The van der Waals surface area contributed by atoms with Gasteiger partial charge in [-0.15, -0.1) is 0 Å². The first-order chi connectivity index (χ1) is 2.41. The molecule has 0 radical (unpaired) electrons. The van der Waals surface area contributed by atoms with Crippen molar-refractivity contribution in [3.05, 3.63) is 0 Å². The highest BCUT2D eigenvalue weighted by molar-refractivity contribution is 6.33. The molecule has 0 unspecified atom stereocenters. The summed E-state index contributed by atoms with van der Waals surface area (Å²) in [6.07, 6.45) is 1.41. The molecule has 0 aromatic carbocycles. The Morgan fingerprint density at radius 1 is 1.50 bits per heavy atom. The Bertz CT molecular complexity index is 15.0. The van der Waals surface area contributed by atoms with Crippen molar-refractivity contribution < 1.29 is 5.48 Å². The number of hydrogen-bond donors (Lipinski definition) is 0. The molecule has 0 atom stereocenters. The van der Waals surface area contributed by atoms with Crippen LogP contribution in [-0.2, 0) is 0 Å². The van der Waals surface area contributed by atoms with E-state index in [0.717, 1.165) is 0 Å². The summed E-state index contributed by atoms with van der Waals surface area (Å²) >= 11 is 0. The summed E-state index contributed by atoms with van der Waals surface area (Å²) in [5.41, 5.74) is 0. The topological polar surface area (TPSA) is 31.5 Å². The van der Waals surface area contributed by atoms with Crippen LogP contribution in [0.1, 0.15) is 13.3 Å². The summed E-state index contributed by atoms with van der Waals surface area (Å²) in [4.78, 5) is 0. The third-order valence-corrected chi connectivity index (χ3v) is 2.12. The molecule has 0 rings (SSSR count). The molecule has 0 saturated heterocycles. The zero-order valence-corrected chi connectivity index (χ0v) is 6.04. The lowest BCUT2D eigenvalue weighted by molar-refractivity contribution is 0.824. The zero-order chi connectivity index (χ0) is 4.12. The minimum absolute atomic E-state index is 0. The SMILES string of the molecule is CCC[SiH2]C.O. The van der Waals surface area contributed by atoms with Gasteiger partial charge in [-0.25, -0.2) is 0 Å². The molecule has 0 saturated carbocycles. The average Bonchev–Trinajstić information content (AvgIpc) is 1.41. The smallest absolute Gasteiger partial charge is 0.0166 e. The van der Waals surface area contributed by atoms with Crippen LogP contribution in [0.4, 0.5) is 0 Å². The fourth-order valence-electron chi connectivity index (χ4n) is 0.354. The fourth-order valence-corrected chi connectivity index (χ4v) is 1.06. The fraction of sp³-hybridized carbons (Fsp3) is 1.00. The predicted molar refractivity (Wildman–Crippen MR) is 33.1 cm³/mol. The highest BCUT2D eigenvalue weighted by Gasteiger charge is 1.69. The van der Waals surface area contributed by atoms with E-state index in [1.807, 2.05) is 0 Å². The van der Waals surface area contributed by atoms with Gasteiger partial charge in [0.2, 0.25) is 0 Å². The van der Waals surface area contributed by atoms with Gasteiger partial charge >= 0.3 is 0 Å². The zero-order valence-electron chi connectivity index (χ0n) is 4.62. The van der Waals surface area contributed by atoms with E-state index in [4.69, 9.17) is 0 Å². The van der Waals surface area contributed by atoms with E-state index in [1.54, 1.807) is 0 Å². The van der Waals surface area contributed by atoms with E-state index < -0.39 is 0 Å². The van der Waals surface area contributed by atoms with E-state index in [-0.39, 0.29) is 5.48 Å². The molecule has 0 amide bonds. The van der Waals surface area contributed by atoms with Crippen LogP contribution in [0.3, 0.4) is 0 Å². The van der Waals surface area contributed by atoms with Gasteiger partial charge in [0.1, 0.15) is 0 Å². The Balaban J connectivity index is 0. The highest BCUT2D eigenvalue weighted by atomic mass is 28.2. The summed E-state index contributed by atoms with van der Waals surface area (Å²) < 4.78 is 0. The Morgan fingerprint density at radius 3 is 2.00 bits per heavy atom. The molecule has 2 heteroatoms. The first-order valence-corrected chi connectivity index (χ1v) is 4.83. The van der Waals surface area contributed by atoms with Crippen molar-refractivity contribution in [1.29, 1.82) is 0 Å². The van der Waals surface area contributed by atoms with Gasteiger partial charge in [0.15, 0.2) is 0 Å². The summed E-state index contributed by atoms with van der Waals surface area (Å²) in [7, 11) is 0.414.